The van der Waals surface area contributed by atoms with Crippen LogP contribution in [-0.2, 0) is 6.42 Å². The van der Waals surface area contributed by atoms with Gasteiger partial charge in [0.1, 0.15) is 0 Å². The van der Waals surface area contributed by atoms with Crippen LogP contribution < -0.4 is 5.32 Å². The highest BCUT2D eigenvalue weighted by molar-refractivity contribution is 7.17. The molecule has 0 bridgehead atoms. The Labute approximate surface area is 88.8 Å². The Balaban J connectivity index is 2.33. The lowest BCUT2D eigenvalue weighted by Crippen LogP contribution is -2.23. The van der Waals surface area contributed by atoms with Crippen molar-refractivity contribution < 1.29 is 0 Å². The molecule has 0 spiro atoms. The maximum atomic E-state index is 3.27. The van der Waals surface area contributed by atoms with Crippen LogP contribution in [0.2, 0.25) is 0 Å². The van der Waals surface area contributed by atoms with Crippen molar-refractivity contribution >= 4 is 21.4 Å². The van der Waals surface area contributed by atoms with Crippen molar-refractivity contribution in [2.75, 3.05) is 7.05 Å². The molecule has 1 aromatic carbocycles. The maximum absolute atomic E-state index is 3.27. The van der Waals surface area contributed by atoms with Gasteiger partial charge in [-0.15, -0.1) is 11.3 Å². The molecule has 1 nitrogen and oxygen atoms in total. The zero-order valence-electron chi connectivity index (χ0n) is 8.58. The molecule has 1 aromatic heterocycles. The Bertz CT molecular complexity index is 419. The highest BCUT2D eigenvalue weighted by atomic mass is 32.1. The van der Waals surface area contributed by atoms with Gasteiger partial charge in [0.15, 0.2) is 0 Å². The van der Waals surface area contributed by atoms with Crippen molar-refractivity contribution in [1.29, 1.82) is 0 Å². The summed E-state index contributed by atoms with van der Waals surface area (Å²) in [6, 6.07) is 9.16. The van der Waals surface area contributed by atoms with E-state index in [1.165, 1.54) is 15.6 Å². The minimum Gasteiger partial charge on any atom is -0.317 e. The zero-order valence-corrected chi connectivity index (χ0v) is 9.40. The van der Waals surface area contributed by atoms with Gasteiger partial charge in [-0.05, 0) is 42.8 Å². The number of hydrogen-bond donors (Lipinski definition) is 1. The Morgan fingerprint density at radius 2 is 2.14 bits per heavy atom. The van der Waals surface area contributed by atoms with Gasteiger partial charge in [0, 0.05) is 10.7 Å². The van der Waals surface area contributed by atoms with E-state index in [4.69, 9.17) is 0 Å². The van der Waals surface area contributed by atoms with Gasteiger partial charge in [-0.3, -0.25) is 0 Å². The first-order chi connectivity index (χ1) is 6.81. The van der Waals surface area contributed by atoms with E-state index in [0.717, 1.165) is 6.42 Å². The van der Waals surface area contributed by atoms with Gasteiger partial charge in [0.2, 0.25) is 0 Å². The molecule has 2 aromatic rings. The monoisotopic (exact) mass is 205 g/mol. The van der Waals surface area contributed by atoms with Crippen LogP contribution in [0.3, 0.4) is 0 Å². The van der Waals surface area contributed by atoms with Gasteiger partial charge in [0.05, 0.1) is 0 Å². The number of likely N-dealkylation sites (N-methyl/N-ethyl adjacent to an activating group) is 1. The van der Waals surface area contributed by atoms with Crippen LogP contribution in [0.1, 0.15) is 12.5 Å². The fourth-order valence-electron chi connectivity index (χ4n) is 1.62. The number of fused-ring (bicyclic) bond motifs is 1. The Morgan fingerprint density at radius 3 is 2.93 bits per heavy atom. The summed E-state index contributed by atoms with van der Waals surface area (Å²) in [5, 5.41) is 6.97. The van der Waals surface area contributed by atoms with Gasteiger partial charge in [-0.1, -0.05) is 18.2 Å². The predicted molar refractivity (Wildman–Crippen MR) is 64.1 cm³/mol. The molecule has 0 saturated heterocycles. The second-order valence-corrected chi connectivity index (χ2v) is 4.56. The molecule has 0 saturated carbocycles. The van der Waals surface area contributed by atoms with Crippen molar-refractivity contribution in [3.8, 4) is 0 Å². The number of thiophene rings is 1. The third-order valence-electron chi connectivity index (χ3n) is 2.58. The Morgan fingerprint density at radius 1 is 1.36 bits per heavy atom. The van der Waals surface area contributed by atoms with Crippen LogP contribution in [-0.4, -0.2) is 13.1 Å². The quantitative estimate of drug-likeness (QED) is 0.812. The number of nitrogens with one attached hydrogen (secondary N) is 1. The van der Waals surface area contributed by atoms with Crippen LogP contribution in [0, 0.1) is 0 Å². The largest absolute Gasteiger partial charge is 0.317 e. The third kappa shape index (κ3) is 1.81. The predicted octanol–water partition coefficient (Wildman–Crippen LogP) is 3.05. The second-order valence-electron chi connectivity index (χ2n) is 3.65. The molecule has 2 rings (SSSR count). The van der Waals surface area contributed by atoms with E-state index in [1.54, 1.807) is 0 Å². The average molecular weight is 205 g/mol. The summed E-state index contributed by atoms with van der Waals surface area (Å²) in [6.07, 6.45) is 1.11. The van der Waals surface area contributed by atoms with Crippen molar-refractivity contribution in [3.63, 3.8) is 0 Å². The standard InChI is InChI=1S/C12H15NS/c1-9(13-2)7-10-8-14-12-6-4-3-5-11(10)12/h3-6,8-9,13H,7H2,1-2H3/t9-/m1/s1. The third-order valence-corrected chi connectivity index (χ3v) is 3.59. The van der Waals surface area contributed by atoms with Crippen LogP contribution in [0.25, 0.3) is 10.1 Å². The second kappa shape index (κ2) is 4.11. The average Bonchev–Trinajstić information content (AvgIpc) is 2.62. The van der Waals surface area contributed by atoms with E-state index in [2.05, 4.69) is 41.9 Å². The Kier molecular flexibility index (Phi) is 2.85. The minimum atomic E-state index is 0.549. The van der Waals surface area contributed by atoms with E-state index >= 15 is 0 Å². The molecule has 74 valence electrons. The zero-order chi connectivity index (χ0) is 9.97. The van der Waals surface area contributed by atoms with E-state index in [-0.39, 0.29) is 0 Å². The summed E-state index contributed by atoms with van der Waals surface area (Å²) < 4.78 is 1.39. The van der Waals surface area contributed by atoms with E-state index in [1.807, 2.05) is 18.4 Å². The van der Waals surface area contributed by atoms with Crippen LogP contribution >= 0.6 is 11.3 Å². The fourth-order valence-corrected chi connectivity index (χ4v) is 2.60. The summed E-state index contributed by atoms with van der Waals surface area (Å²) in [5.41, 5.74) is 1.47. The summed E-state index contributed by atoms with van der Waals surface area (Å²) in [4.78, 5) is 0. The molecule has 2 heteroatoms. The molecule has 0 amide bonds. The number of rotatable bonds is 3. The lowest BCUT2D eigenvalue weighted by molar-refractivity contribution is 0.611. The van der Waals surface area contributed by atoms with Crippen LogP contribution in [0.15, 0.2) is 29.6 Å². The van der Waals surface area contributed by atoms with Crippen molar-refractivity contribution in [1.82, 2.24) is 5.32 Å². The molecule has 1 N–H and O–H groups in total. The first-order valence-electron chi connectivity index (χ1n) is 4.93. The SMILES string of the molecule is CN[C@H](C)Cc1csc2ccccc12. The van der Waals surface area contributed by atoms with Crippen LogP contribution in [0.5, 0.6) is 0 Å². The molecule has 0 unspecified atom stereocenters. The van der Waals surface area contributed by atoms with Gasteiger partial charge in [-0.2, -0.15) is 0 Å². The summed E-state index contributed by atoms with van der Waals surface area (Å²) in [7, 11) is 2.01. The fraction of sp³-hybridized carbons (Fsp3) is 0.333. The number of hydrogen-bond acceptors (Lipinski definition) is 2. The summed E-state index contributed by atoms with van der Waals surface area (Å²) >= 11 is 1.84. The molecule has 0 fully saturated rings. The molecule has 14 heavy (non-hydrogen) atoms. The van der Waals surface area contributed by atoms with E-state index in [9.17, 15) is 0 Å². The van der Waals surface area contributed by atoms with Crippen molar-refractivity contribution in [2.45, 2.75) is 19.4 Å². The first-order valence-corrected chi connectivity index (χ1v) is 5.81. The molecule has 1 heterocycles. The van der Waals surface area contributed by atoms with Gasteiger partial charge in [0.25, 0.3) is 0 Å². The van der Waals surface area contributed by atoms with Crippen molar-refractivity contribution in [2.24, 2.45) is 0 Å². The molecule has 0 aliphatic rings. The normalized spacial score (nSPS) is 13.3. The smallest absolute Gasteiger partial charge is 0.0345 e. The molecule has 0 aliphatic heterocycles. The molecule has 0 aliphatic carbocycles. The summed E-state index contributed by atoms with van der Waals surface area (Å²) in [5.74, 6) is 0. The Hall–Kier alpha value is -0.860. The molecule has 1 atom stereocenters. The highest BCUT2D eigenvalue weighted by Crippen LogP contribution is 2.26. The first kappa shape index (κ1) is 9.69. The van der Waals surface area contributed by atoms with Crippen LogP contribution in [0.4, 0.5) is 0 Å². The molecular weight excluding hydrogens is 190 g/mol. The van der Waals surface area contributed by atoms with E-state index < -0.39 is 0 Å². The summed E-state index contributed by atoms with van der Waals surface area (Å²) in [6.45, 7) is 2.21. The van der Waals surface area contributed by atoms with E-state index in [0.29, 0.717) is 6.04 Å². The van der Waals surface area contributed by atoms with Crippen molar-refractivity contribution in [3.05, 3.63) is 35.2 Å². The lowest BCUT2D eigenvalue weighted by atomic mass is 10.1. The highest BCUT2D eigenvalue weighted by Gasteiger charge is 2.06. The van der Waals surface area contributed by atoms with Gasteiger partial charge < -0.3 is 5.32 Å². The lowest BCUT2D eigenvalue weighted by Gasteiger charge is -2.08. The topological polar surface area (TPSA) is 12.0 Å². The number of benzene rings is 1. The molecule has 0 radical (unpaired) electrons. The van der Waals surface area contributed by atoms with Gasteiger partial charge in [-0.25, -0.2) is 0 Å². The minimum absolute atomic E-state index is 0.549. The molecular formula is C12H15NS. The van der Waals surface area contributed by atoms with Gasteiger partial charge >= 0.3 is 0 Å². The maximum Gasteiger partial charge on any atom is 0.0345 e.